The van der Waals surface area contributed by atoms with Crippen molar-refractivity contribution in [1.82, 2.24) is 15.2 Å². The highest BCUT2D eigenvalue weighted by atomic mass is 35.5. The first-order valence-electron chi connectivity index (χ1n) is 3.43. The highest BCUT2D eigenvalue weighted by molar-refractivity contribution is 7.13. The van der Waals surface area contributed by atoms with E-state index in [0.29, 0.717) is 5.13 Å². The maximum Gasteiger partial charge on any atom is 0.264 e. The minimum Gasteiger partial charge on any atom is -0.375 e. The molecule has 0 aliphatic carbocycles. The number of nitrogens with two attached hydrogens (primary N) is 1. The molecule has 2 rings (SSSR count). The van der Waals surface area contributed by atoms with Gasteiger partial charge in [0.05, 0.1) is 0 Å². The number of hydrogen-bond donors (Lipinski definition) is 2. The summed E-state index contributed by atoms with van der Waals surface area (Å²) in [5, 5.41) is 8.15. The molecule has 0 amide bonds. The zero-order valence-electron chi connectivity index (χ0n) is 7.08. The first kappa shape index (κ1) is 12.6. The van der Waals surface area contributed by atoms with Crippen LogP contribution in [0.5, 0.6) is 0 Å². The van der Waals surface area contributed by atoms with Crippen LogP contribution in [0.2, 0.25) is 0 Å². The number of H-pyrrole nitrogens is 1. The summed E-state index contributed by atoms with van der Waals surface area (Å²) >= 11 is 1.44. The molecular weight excluding hydrogens is 224 g/mol. The van der Waals surface area contributed by atoms with Crippen LogP contribution in [0.15, 0.2) is 34.7 Å². The van der Waals surface area contributed by atoms with Gasteiger partial charge in [-0.1, -0.05) is 0 Å². The van der Waals surface area contributed by atoms with Crippen LogP contribution in [0.25, 0.3) is 0 Å². The smallest absolute Gasteiger partial charge is 0.264 e. The predicted molar refractivity (Wildman–Crippen MR) is 58.6 cm³/mol. The molecule has 0 fully saturated rings. The summed E-state index contributed by atoms with van der Waals surface area (Å²) in [5.41, 5.74) is 5.02. The van der Waals surface area contributed by atoms with Crippen molar-refractivity contribution in [3.8, 4) is 0 Å². The van der Waals surface area contributed by atoms with Gasteiger partial charge in [-0.25, -0.2) is 10.1 Å². The van der Waals surface area contributed by atoms with Gasteiger partial charge in [0.2, 0.25) is 0 Å². The Morgan fingerprint density at radius 1 is 1.43 bits per heavy atom. The molecule has 0 radical (unpaired) electrons. The lowest BCUT2D eigenvalue weighted by Gasteiger charge is -1.72. The Balaban J connectivity index is 0.000000227. The molecule has 2 heterocycles. The van der Waals surface area contributed by atoms with Crippen LogP contribution in [0.1, 0.15) is 0 Å². The van der Waals surface area contributed by atoms with Crippen LogP contribution in [0, 0.1) is 0 Å². The van der Waals surface area contributed by atoms with Crippen molar-refractivity contribution in [2.24, 2.45) is 0 Å². The van der Waals surface area contributed by atoms with Crippen LogP contribution < -0.4 is 11.3 Å². The Morgan fingerprint density at radius 3 is 2.43 bits per heavy atom. The molecule has 5 nitrogen and oxygen atoms in total. The number of anilines is 1. The molecule has 0 spiro atoms. The van der Waals surface area contributed by atoms with Gasteiger partial charge in [0.15, 0.2) is 5.13 Å². The van der Waals surface area contributed by atoms with Crippen LogP contribution in [0.3, 0.4) is 0 Å². The number of rotatable bonds is 0. The second kappa shape index (κ2) is 7.05. The molecule has 76 valence electrons. The number of hydrogen-bond acceptors (Lipinski definition) is 5. The van der Waals surface area contributed by atoms with Crippen LogP contribution in [-0.2, 0) is 0 Å². The van der Waals surface area contributed by atoms with Crippen molar-refractivity contribution >= 4 is 28.9 Å². The SMILES string of the molecule is Cl.Nc1nccs1.O=c1cccn[nH]1. The van der Waals surface area contributed by atoms with E-state index in [4.69, 9.17) is 5.73 Å². The summed E-state index contributed by atoms with van der Waals surface area (Å²) in [7, 11) is 0. The van der Waals surface area contributed by atoms with E-state index in [0.717, 1.165) is 0 Å². The Bertz CT molecular complexity index is 371. The second-order valence-corrected chi connectivity index (χ2v) is 2.91. The Labute approximate surface area is 90.4 Å². The van der Waals surface area contributed by atoms with E-state index in [9.17, 15) is 4.79 Å². The largest absolute Gasteiger partial charge is 0.375 e. The molecule has 0 bridgehead atoms. The van der Waals surface area contributed by atoms with E-state index in [1.165, 1.54) is 23.6 Å². The van der Waals surface area contributed by atoms with Crippen LogP contribution >= 0.6 is 23.7 Å². The number of aromatic amines is 1. The molecule has 0 saturated carbocycles. The van der Waals surface area contributed by atoms with E-state index in [2.05, 4.69) is 15.2 Å². The molecule has 2 aromatic rings. The first-order valence-corrected chi connectivity index (χ1v) is 4.31. The van der Waals surface area contributed by atoms with Crippen molar-refractivity contribution in [2.75, 3.05) is 5.73 Å². The molecule has 0 aromatic carbocycles. The summed E-state index contributed by atoms with van der Waals surface area (Å²) in [4.78, 5) is 13.9. The highest BCUT2D eigenvalue weighted by Gasteiger charge is 1.76. The molecule has 0 saturated heterocycles. The third kappa shape index (κ3) is 5.28. The molecular formula is C7H9ClN4OS. The highest BCUT2D eigenvalue weighted by Crippen LogP contribution is 2.02. The van der Waals surface area contributed by atoms with Gasteiger partial charge in [-0.2, -0.15) is 5.10 Å². The molecule has 0 aliphatic heterocycles. The van der Waals surface area contributed by atoms with Gasteiger partial charge >= 0.3 is 0 Å². The topological polar surface area (TPSA) is 84.7 Å². The minimum absolute atomic E-state index is 0. The van der Waals surface area contributed by atoms with E-state index in [1.807, 2.05) is 5.38 Å². The predicted octanol–water partition coefficient (Wildman–Crippen LogP) is 0.917. The summed E-state index contributed by atoms with van der Waals surface area (Å²) in [5.74, 6) is 0. The van der Waals surface area contributed by atoms with E-state index in [1.54, 1.807) is 12.3 Å². The normalized spacial score (nSPS) is 8.00. The third-order valence-corrected chi connectivity index (χ3v) is 1.64. The minimum atomic E-state index is -0.164. The van der Waals surface area contributed by atoms with Crippen molar-refractivity contribution < 1.29 is 0 Å². The summed E-state index contributed by atoms with van der Waals surface area (Å²) < 4.78 is 0. The van der Waals surface area contributed by atoms with Gasteiger partial charge in [-0.15, -0.1) is 23.7 Å². The lowest BCUT2D eigenvalue weighted by molar-refractivity contribution is 0.988. The Hall–Kier alpha value is -1.40. The van der Waals surface area contributed by atoms with E-state index < -0.39 is 0 Å². The van der Waals surface area contributed by atoms with E-state index in [-0.39, 0.29) is 18.0 Å². The van der Waals surface area contributed by atoms with Gasteiger partial charge in [-0.3, -0.25) is 4.79 Å². The number of aromatic nitrogens is 3. The molecule has 0 aliphatic rings. The summed E-state index contributed by atoms with van der Waals surface area (Å²) in [6.07, 6.45) is 3.20. The van der Waals surface area contributed by atoms with E-state index >= 15 is 0 Å². The monoisotopic (exact) mass is 232 g/mol. The summed E-state index contributed by atoms with van der Waals surface area (Å²) in [6, 6.07) is 2.99. The molecule has 3 N–H and O–H groups in total. The van der Waals surface area contributed by atoms with Gasteiger partial charge in [-0.05, 0) is 6.07 Å². The second-order valence-electron chi connectivity index (χ2n) is 1.98. The number of thiazole rings is 1. The molecule has 0 atom stereocenters. The van der Waals surface area contributed by atoms with Gasteiger partial charge < -0.3 is 5.73 Å². The zero-order valence-corrected chi connectivity index (χ0v) is 8.72. The Morgan fingerprint density at radius 2 is 2.21 bits per heavy atom. The third-order valence-electron chi connectivity index (χ3n) is 1.03. The van der Waals surface area contributed by atoms with Crippen molar-refractivity contribution in [2.45, 2.75) is 0 Å². The lowest BCUT2D eigenvalue weighted by atomic mass is 10.6. The van der Waals surface area contributed by atoms with Gasteiger partial charge in [0.1, 0.15) is 0 Å². The number of nitrogens with zero attached hydrogens (tertiary/aromatic N) is 2. The average Bonchev–Trinajstić information content (AvgIpc) is 2.58. The maximum atomic E-state index is 10.2. The fourth-order valence-corrected chi connectivity index (χ4v) is 0.929. The fourth-order valence-electron chi connectivity index (χ4n) is 0.546. The molecule has 14 heavy (non-hydrogen) atoms. The number of nitrogens with one attached hydrogen (secondary N) is 1. The average molecular weight is 233 g/mol. The van der Waals surface area contributed by atoms with Crippen molar-refractivity contribution in [1.29, 1.82) is 0 Å². The Kier molecular flexibility index (Phi) is 6.34. The first-order chi connectivity index (χ1) is 6.29. The molecule has 0 unspecified atom stereocenters. The number of halogens is 1. The zero-order chi connectivity index (χ0) is 9.52. The lowest BCUT2D eigenvalue weighted by Crippen LogP contribution is -2.02. The summed E-state index contributed by atoms with van der Waals surface area (Å²) in [6.45, 7) is 0. The quantitative estimate of drug-likeness (QED) is 0.707. The van der Waals surface area contributed by atoms with Crippen molar-refractivity contribution in [3.63, 3.8) is 0 Å². The van der Waals surface area contributed by atoms with Crippen LogP contribution in [0.4, 0.5) is 5.13 Å². The molecule has 2 aromatic heterocycles. The van der Waals surface area contributed by atoms with Gasteiger partial charge in [0, 0.05) is 23.8 Å². The van der Waals surface area contributed by atoms with Crippen LogP contribution in [-0.4, -0.2) is 15.2 Å². The molecule has 7 heteroatoms. The van der Waals surface area contributed by atoms with Gasteiger partial charge in [0.25, 0.3) is 5.56 Å². The van der Waals surface area contributed by atoms with Crippen molar-refractivity contribution in [3.05, 3.63) is 40.3 Å². The fraction of sp³-hybridized carbons (Fsp3) is 0. The standard InChI is InChI=1S/C4H4N2O.C3H4N2S.ClH/c7-4-2-1-3-5-6-4;4-3-5-1-2-6-3;/h1-3H,(H,6,7);1-2H,(H2,4,5);1H. The maximum absolute atomic E-state index is 10.2. The number of nitrogen functional groups attached to an aromatic ring is 1.